The predicted octanol–water partition coefficient (Wildman–Crippen LogP) is 2.95. The Hall–Kier alpha value is -3.22. The van der Waals surface area contributed by atoms with Crippen molar-refractivity contribution in [3.8, 4) is 11.5 Å². The molecule has 3 amide bonds. The SMILES string of the molecule is Cc1ccc2c(c1)CCCN2C(=O)CN1CCN(c2ccc3c(c2)OCO3)C1=O. The standard InChI is InChI=1S/C22H23N3O4/c1-15-4-6-18-16(11-15)3-2-8-25(18)21(26)13-23-9-10-24(22(23)27)17-5-7-19-20(12-17)29-14-28-19/h4-7,11-12H,2-3,8-10,13-14H2,1H3. The van der Waals surface area contributed by atoms with Gasteiger partial charge >= 0.3 is 6.03 Å². The zero-order valence-corrected chi connectivity index (χ0v) is 16.4. The lowest BCUT2D eigenvalue weighted by Gasteiger charge is -2.31. The Bertz CT molecular complexity index is 990. The minimum atomic E-state index is -0.154. The smallest absolute Gasteiger partial charge is 0.325 e. The summed E-state index contributed by atoms with van der Waals surface area (Å²) in [4.78, 5) is 31.1. The fraction of sp³-hybridized carbons (Fsp3) is 0.364. The van der Waals surface area contributed by atoms with Gasteiger partial charge in [0.25, 0.3) is 0 Å². The number of anilines is 2. The van der Waals surface area contributed by atoms with E-state index in [2.05, 4.69) is 13.0 Å². The van der Waals surface area contributed by atoms with Crippen LogP contribution in [0.2, 0.25) is 0 Å². The van der Waals surface area contributed by atoms with E-state index < -0.39 is 0 Å². The summed E-state index contributed by atoms with van der Waals surface area (Å²) in [5, 5.41) is 0. The topological polar surface area (TPSA) is 62.3 Å². The molecule has 3 aliphatic rings. The number of aryl methyl sites for hydroxylation is 2. The van der Waals surface area contributed by atoms with Crippen LogP contribution < -0.4 is 19.3 Å². The van der Waals surface area contributed by atoms with Gasteiger partial charge in [-0.1, -0.05) is 17.7 Å². The average Bonchev–Trinajstić information content (AvgIpc) is 3.33. The number of nitrogens with zero attached hydrogens (tertiary/aromatic N) is 3. The molecule has 7 nitrogen and oxygen atoms in total. The molecular formula is C22H23N3O4. The summed E-state index contributed by atoms with van der Waals surface area (Å²) in [5.74, 6) is 1.30. The number of hydrogen-bond acceptors (Lipinski definition) is 4. The van der Waals surface area contributed by atoms with Crippen LogP contribution in [0, 0.1) is 6.92 Å². The lowest BCUT2D eigenvalue weighted by atomic mass is 9.99. The molecule has 0 aliphatic carbocycles. The zero-order valence-electron chi connectivity index (χ0n) is 16.4. The Morgan fingerprint density at radius 3 is 2.79 bits per heavy atom. The van der Waals surface area contributed by atoms with E-state index in [0.717, 1.165) is 24.2 Å². The van der Waals surface area contributed by atoms with Gasteiger partial charge in [-0.15, -0.1) is 0 Å². The quantitative estimate of drug-likeness (QED) is 0.804. The fourth-order valence-electron chi connectivity index (χ4n) is 4.26. The Labute approximate surface area is 169 Å². The molecule has 1 saturated heterocycles. The average molecular weight is 393 g/mol. The van der Waals surface area contributed by atoms with Gasteiger partial charge in [0.1, 0.15) is 6.54 Å². The summed E-state index contributed by atoms with van der Waals surface area (Å²) >= 11 is 0. The molecule has 0 atom stereocenters. The second-order valence-electron chi connectivity index (χ2n) is 7.67. The van der Waals surface area contributed by atoms with E-state index in [1.807, 2.05) is 35.2 Å². The molecule has 0 spiro atoms. The molecule has 0 aromatic heterocycles. The van der Waals surface area contributed by atoms with Gasteiger partial charge in [-0.2, -0.15) is 0 Å². The van der Waals surface area contributed by atoms with Crippen molar-refractivity contribution >= 4 is 23.3 Å². The molecule has 29 heavy (non-hydrogen) atoms. The van der Waals surface area contributed by atoms with E-state index in [9.17, 15) is 9.59 Å². The molecule has 150 valence electrons. The molecule has 0 N–H and O–H groups in total. The Morgan fingerprint density at radius 2 is 1.90 bits per heavy atom. The van der Waals surface area contributed by atoms with Gasteiger partial charge in [0.2, 0.25) is 12.7 Å². The molecule has 2 aromatic rings. The second kappa shape index (κ2) is 6.99. The van der Waals surface area contributed by atoms with Gasteiger partial charge in [-0.05, 0) is 43.5 Å². The lowest BCUT2D eigenvalue weighted by Crippen LogP contribution is -2.44. The Balaban J connectivity index is 1.30. The highest BCUT2D eigenvalue weighted by molar-refractivity contribution is 6.01. The highest BCUT2D eigenvalue weighted by atomic mass is 16.7. The number of carbonyl (C=O) groups excluding carboxylic acids is 2. The van der Waals surface area contributed by atoms with Gasteiger partial charge in [-0.25, -0.2) is 4.79 Å². The van der Waals surface area contributed by atoms with Crippen molar-refractivity contribution < 1.29 is 19.1 Å². The van der Waals surface area contributed by atoms with Gasteiger partial charge < -0.3 is 19.3 Å². The van der Waals surface area contributed by atoms with E-state index in [0.29, 0.717) is 31.1 Å². The molecule has 0 radical (unpaired) electrons. The van der Waals surface area contributed by atoms with E-state index >= 15 is 0 Å². The summed E-state index contributed by atoms with van der Waals surface area (Å²) in [5.41, 5.74) is 4.14. The van der Waals surface area contributed by atoms with Crippen LogP contribution in [0.4, 0.5) is 16.2 Å². The van der Waals surface area contributed by atoms with Gasteiger partial charge in [0, 0.05) is 37.1 Å². The highest BCUT2D eigenvalue weighted by Crippen LogP contribution is 2.36. The number of benzene rings is 2. The first-order valence-corrected chi connectivity index (χ1v) is 9.96. The Kier molecular flexibility index (Phi) is 4.30. The van der Waals surface area contributed by atoms with Crippen molar-refractivity contribution in [2.45, 2.75) is 19.8 Å². The molecular weight excluding hydrogens is 370 g/mol. The molecule has 7 heteroatoms. The van der Waals surface area contributed by atoms with Crippen LogP contribution in [-0.2, 0) is 11.2 Å². The normalized spacial score (nSPS) is 17.7. The molecule has 3 aliphatic heterocycles. The third-order valence-corrected chi connectivity index (χ3v) is 5.74. The monoisotopic (exact) mass is 393 g/mol. The summed E-state index contributed by atoms with van der Waals surface area (Å²) in [6, 6.07) is 11.5. The maximum atomic E-state index is 13.0. The van der Waals surface area contributed by atoms with Crippen LogP contribution in [0.3, 0.4) is 0 Å². The first-order valence-electron chi connectivity index (χ1n) is 9.96. The van der Waals surface area contributed by atoms with Gasteiger partial charge in [0.05, 0.1) is 0 Å². The minimum Gasteiger partial charge on any atom is -0.454 e. The number of fused-ring (bicyclic) bond motifs is 2. The van der Waals surface area contributed by atoms with Crippen molar-refractivity contribution in [1.82, 2.24) is 4.90 Å². The summed E-state index contributed by atoms with van der Waals surface area (Å²) in [6.07, 6.45) is 1.93. The van der Waals surface area contributed by atoms with E-state index in [1.165, 1.54) is 11.1 Å². The summed E-state index contributed by atoms with van der Waals surface area (Å²) in [7, 11) is 0. The molecule has 2 aromatic carbocycles. The van der Waals surface area contributed by atoms with E-state index in [1.54, 1.807) is 9.80 Å². The summed E-state index contributed by atoms with van der Waals surface area (Å²) < 4.78 is 10.7. The molecule has 0 unspecified atom stereocenters. The first-order chi connectivity index (χ1) is 14.1. The molecule has 1 fully saturated rings. The van der Waals surface area contributed by atoms with Crippen LogP contribution in [0.15, 0.2) is 36.4 Å². The van der Waals surface area contributed by atoms with Crippen LogP contribution in [0.1, 0.15) is 17.5 Å². The number of amides is 3. The first kappa shape index (κ1) is 17.8. The molecule has 0 saturated carbocycles. The van der Waals surface area contributed by atoms with Gasteiger partial charge in [0.15, 0.2) is 11.5 Å². The van der Waals surface area contributed by atoms with Crippen molar-refractivity contribution in [3.05, 3.63) is 47.5 Å². The van der Waals surface area contributed by atoms with Crippen LogP contribution in [0.25, 0.3) is 0 Å². The highest BCUT2D eigenvalue weighted by Gasteiger charge is 2.33. The number of ether oxygens (including phenoxy) is 2. The number of hydrogen-bond donors (Lipinski definition) is 0. The van der Waals surface area contributed by atoms with Gasteiger partial charge in [-0.3, -0.25) is 9.69 Å². The largest absolute Gasteiger partial charge is 0.454 e. The lowest BCUT2D eigenvalue weighted by molar-refractivity contribution is -0.119. The second-order valence-corrected chi connectivity index (χ2v) is 7.67. The third kappa shape index (κ3) is 3.16. The maximum absolute atomic E-state index is 13.0. The third-order valence-electron chi connectivity index (χ3n) is 5.74. The van der Waals surface area contributed by atoms with Crippen molar-refractivity contribution in [1.29, 1.82) is 0 Å². The predicted molar refractivity (Wildman–Crippen MR) is 109 cm³/mol. The van der Waals surface area contributed by atoms with E-state index in [-0.39, 0.29) is 25.3 Å². The minimum absolute atomic E-state index is 0.0318. The molecule has 0 bridgehead atoms. The molecule has 5 rings (SSSR count). The zero-order chi connectivity index (χ0) is 20.0. The van der Waals surface area contributed by atoms with Crippen molar-refractivity contribution in [3.63, 3.8) is 0 Å². The summed E-state index contributed by atoms with van der Waals surface area (Å²) in [6.45, 7) is 4.12. The van der Waals surface area contributed by atoms with Crippen molar-refractivity contribution in [2.24, 2.45) is 0 Å². The fourth-order valence-corrected chi connectivity index (χ4v) is 4.26. The van der Waals surface area contributed by atoms with E-state index in [4.69, 9.17) is 9.47 Å². The Morgan fingerprint density at radius 1 is 1.03 bits per heavy atom. The number of rotatable bonds is 3. The number of carbonyl (C=O) groups is 2. The van der Waals surface area contributed by atoms with Crippen LogP contribution in [-0.4, -0.2) is 49.8 Å². The van der Waals surface area contributed by atoms with Crippen LogP contribution in [0.5, 0.6) is 11.5 Å². The molecule has 3 heterocycles. The number of urea groups is 1. The maximum Gasteiger partial charge on any atom is 0.325 e. The van der Waals surface area contributed by atoms with Crippen LogP contribution >= 0.6 is 0 Å². The van der Waals surface area contributed by atoms with Crippen molar-refractivity contribution in [2.75, 3.05) is 42.8 Å².